The van der Waals surface area contributed by atoms with E-state index in [4.69, 9.17) is 10.2 Å². The molecule has 0 aliphatic heterocycles. The fraction of sp³-hybridized carbons (Fsp3) is 0.200. The Balaban J connectivity index is 1.71. The lowest BCUT2D eigenvalue weighted by Gasteiger charge is -2.10. The minimum Gasteiger partial charge on any atom is -0.459 e. The third kappa shape index (κ3) is 2.62. The van der Waals surface area contributed by atoms with Crippen molar-refractivity contribution in [3.8, 4) is 0 Å². The smallest absolute Gasteiger partial charge is 0.144 e. The van der Waals surface area contributed by atoms with Crippen molar-refractivity contribution in [2.24, 2.45) is 0 Å². The Bertz CT molecular complexity index is 689. The van der Waals surface area contributed by atoms with Crippen LogP contribution in [-0.2, 0) is 6.54 Å². The van der Waals surface area contributed by atoms with Gasteiger partial charge in [-0.3, -0.25) is 0 Å². The molecule has 0 saturated carbocycles. The molecule has 5 nitrogen and oxygen atoms in total. The Morgan fingerprint density at radius 1 is 1.30 bits per heavy atom. The number of fused-ring (bicyclic) bond motifs is 1. The van der Waals surface area contributed by atoms with Crippen LogP contribution in [0.5, 0.6) is 0 Å². The summed E-state index contributed by atoms with van der Waals surface area (Å²) < 4.78 is 5.81. The van der Waals surface area contributed by atoms with Crippen LogP contribution in [0.3, 0.4) is 0 Å². The van der Waals surface area contributed by atoms with Gasteiger partial charge in [0.25, 0.3) is 0 Å². The van der Waals surface area contributed by atoms with Gasteiger partial charge >= 0.3 is 0 Å². The van der Waals surface area contributed by atoms with Crippen molar-refractivity contribution in [3.05, 3.63) is 54.2 Å². The number of benzene rings is 1. The number of furan rings is 1. The molecule has 3 rings (SSSR count). The maximum atomic E-state index is 5.81. The molecule has 3 N–H and O–H groups in total. The standard InChI is InChI=1S/C15H16N4O/c1-10(18-9-15-17-7-6-14(16)19-15)13-8-11-4-2-3-5-12(11)20-13/h2-8,10,18H,9H2,1H3,(H2,16,17,19). The second kappa shape index (κ2) is 5.30. The molecule has 1 atom stereocenters. The topological polar surface area (TPSA) is 77.0 Å². The van der Waals surface area contributed by atoms with E-state index >= 15 is 0 Å². The fourth-order valence-electron chi connectivity index (χ4n) is 2.06. The van der Waals surface area contributed by atoms with Gasteiger partial charge in [0.05, 0.1) is 12.6 Å². The molecule has 1 unspecified atom stereocenters. The summed E-state index contributed by atoms with van der Waals surface area (Å²) in [7, 11) is 0. The van der Waals surface area contributed by atoms with Crippen LogP contribution in [0, 0.1) is 0 Å². The number of nitrogens with zero attached hydrogens (tertiary/aromatic N) is 2. The lowest BCUT2D eigenvalue weighted by molar-refractivity contribution is 0.446. The van der Waals surface area contributed by atoms with Gasteiger partial charge in [0.2, 0.25) is 0 Å². The van der Waals surface area contributed by atoms with Gasteiger partial charge in [-0.2, -0.15) is 0 Å². The molecular formula is C15H16N4O. The number of hydrogen-bond donors (Lipinski definition) is 2. The lowest BCUT2D eigenvalue weighted by atomic mass is 10.2. The third-order valence-electron chi connectivity index (χ3n) is 3.16. The number of nitrogen functional groups attached to an aromatic ring is 1. The molecule has 0 saturated heterocycles. The summed E-state index contributed by atoms with van der Waals surface area (Å²) in [5, 5.41) is 4.44. The molecule has 0 bridgehead atoms. The zero-order chi connectivity index (χ0) is 13.9. The molecule has 0 aliphatic rings. The van der Waals surface area contributed by atoms with Crippen LogP contribution in [0.2, 0.25) is 0 Å². The van der Waals surface area contributed by atoms with E-state index in [-0.39, 0.29) is 6.04 Å². The zero-order valence-corrected chi connectivity index (χ0v) is 11.2. The van der Waals surface area contributed by atoms with E-state index in [0.717, 1.165) is 16.7 Å². The zero-order valence-electron chi connectivity index (χ0n) is 11.2. The van der Waals surface area contributed by atoms with Gasteiger partial charge < -0.3 is 15.5 Å². The number of para-hydroxylation sites is 1. The van der Waals surface area contributed by atoms with E-state index in [1.165, 1.54) is 0 Å². The van der Waals surface area contributed by atoms with Crippen molar-refractivity contribution in [1.29, 1.82) is 0 Å². The molecular weight excluding hydrogens is 252 g/mol. The highest BCUT2D eigenvalue weighted by molar-refractivity contribution is 5.77. The molecule has 0 amide bonds. The summed E-state index contributed by atoms with van der Waals surface area (Å²) in [5.41, 5.74) is 6.53. The molecule has 102 valence electrons. The highest BCUT2D eigenvalue weighted by Crippen LogP contribution is 2.23. The van der Waals surface area contributed by atoms with Crippen LogP contribution in [0.25, 0.3) is 11.0 Å². The summed E-state index contributed by atoms with van der Waals surface area (Å²) in [4.78, 5) is 8.32. The summed E-state index contributed by atoms with van der Waals surface area (Å²) in [6.07, 6.45) is 1.66. The van der Waals surface area contributed by atoms with Gasteiger partial charge in [-0.05, 0) is 25.1 Å². The van der Waals surface area contributed by atoms with Crippen molar-refractivity contribution < 1.29 is 4.42 Å². The van der Waals surface area contributed by atoms with Gasteiger partial charge in [0.1, 0.15) is 23.0 Å². The Hall–Kier alpha value is -2.40. The van der Waals surface area contributed by atoms with Crippen LogP contribution >= 0.6 is 0 Å². The van der Waals surface area contributed by atoms with Crippen molar-refractivity contribution >= 4 is 16.8 Å². The first-order valence-corrected chi connectivity index (χ1v) is 6.51. The molecule has 2 aromatic heterocycles. The van der Waals surface area contributed by atoms with Crippen LogP contribution in [0.1, 0.15) is 24.6 Å². The molecule has 2 heterocycles. The van der Waals surface area contributed by atoms with Crippen molar-refractivity contribution in [2.75, 3.05) is 5.73 Å². The second-order valence-electron chi connectivity index (χ2n) is 4.69. The summed E-state index contributed by atoms with van der Waals surface area (Å²) in [6, 6.07) is 11.8. The van der Waals surface area contributed by atoms with Gasteiger partial charge in [0, 0.05) is 11.6 Å². The molecule has 3 aromatic rings. The number of hydrogen-bond acceptors (Lipinski definition) is 5. The van der Waals surface area contributed by atoms with E-state index in [9.17, 15) is 0 Å². The predicted octanol–water partition coefficient (Wildman–Crippen LogP) is 2.66. The van der Waals surface area contributed by atoms with Crippen molar-refractivity contribution in [3.63, 3.8) is 0 Å². The van der Waals surface area contributed by atoms with Gasteiger partial charge in [-0.25, -0.2) is 9.97 Å². The average molecular weight is 268 g/mol. The molecule has 0 spiro atoms. The number of nitrogens with one attached hydrogen (secondary N) is 1. The summed E-state index contributed by atoms with van der Waals surface area (Å²) >= 11 is 0. The second-order valence-corrected chi connectivity index (χ2v) is 4.69. The SMILES string of the molecule is CC(NCc1nccc(N)n1)c1cc2ccccc2o1. The summed E-state index contributed by atoms with van der Waals surface area (Å²) in [5.74, 6) is 2.05. The molecule has 0 aliphatic carbocycles. The third-order valence-corrected chi connectivity index (χ3v) is 3.16. The van der Waals surface area contributed by atoms with E-state index in [1.807, 2.05) is 37.3 Å². The van der Waals surface area contributed by atoms with E-state index in [2.05, 4.69) is 15.3 Å². The maximum Gasteiger partial charge on any atom is 0.144 e. The van der Waals surface area contributed by atoms with E-state index in [0.29, 0.717) is 18.2 Å². The first-order chi connectivity index (χ1) is 9.72. The number of anilines is 1. The number of nitrogens with two attached hydrogens (primary N) is 1. The largest absolute Gasteiger partial charge is 0.459 e. The molecule has 0 radical (unpaired) electrons. The highest BCUT2D eigenvalue weighted by atomic mass is 16.3. The van der Waals surface area contributed by atoms with Crippen LogP contribution in [-0.4, -0.2) is 9.97 Å². The molecule has 0 fully saturated rings. The monoisotopic (exact) mass is 268 g/mol. The first-order valence-electron chi connectivity index (χ1n) is 6.51. The minimum absolute atomic E-state index is 0.0763. The number of rotatable bonds is 4. The normalized spacial score (nSPS) is 12.7. The Morgan fingerprint density at radius 3 is 2.95 bits per heavy atom. The molecule has 20 heavy (non-hydrogen) atoms. The maximum absolute atomic E-state index is 5.81. The highest BCUT2D eigenvalue weighted by Gasteiger charge is 2.11. The quantitative estimate of drug-likeness (QED) is 0.760. The average Bonchev–Trinajstić information content (AvgIpc) is 2.89. The van der Waals surface area contributed by atoms with Crippen molar-refractivity contribution in [2.45, 2.75) is 19.5 Å². The predicted molar refractivity (Wildman–Crippen MR) is 77.9 cm³/mol. The Labute approximate surface area is 116 Å². The first kappa shape index (κ1) is 12.6. The number of aromatic nitrogens is 2. The van der Waals surface area contributed by atoms with E-state index in [1.54, 1.807) is 12.3 Å². The van der Waals surface area contributed by atoms with Crippen molar-refractivity contribution in [1.82, 2.24) is 15.3 Å². The molecule has 1 aromatic carbocycles. The minimum atomic E-state index is 0.0763. The lowest BCUT2D eigenvalue weighted by Crippen LogP contribution is -2.19. The molecule has 5 heteroatoms. The van der Waals surface area contributed by atoms with E-state index < -0.39 is 0 Å². The van der Waals surface area contributed by atoms with Crippen LogP contribution in [0.15, 0.2) is 47.0 Å². The van der Waals surface area contributed by atoms with Gasteiger partial charge in [-0.15, -0.1) is 0 Å². The van der Waals surface area contributed by atoms with Crippen LogP contribution in [0.4, 0.5) is 5.82 Å². The van der Waals surface area contributed by atoms with Gasteiger partial charge in [-0.1, -0.05) is 18.2 Å². The fourth-order valence-corrected chi connectivity index (χ4v) is 2.06. The Morgan fingerprint density at radius 2 is 2.15 bits per heavy atom. The van der Waals surface area contributed by atoms with Crippen LogP contribution < -0.4 is 11.1 Å². The Kier molecular flexibility index (Phi) is 3.35. The van der Waals surface area contributed by atoms with Gasteiger partial charge in [0.15, 0.2) is 0 Å². The summed E-state index contributed by atoms with van der Waals surface area (Å²) in [6.45, 7) is 2.59.